The van der Waals surface area contributed by atoms with E-state index in [1.807, 2.05) is 13.8 Å². The predicted octanol–water partition coefficient (Wildman–Crippen LogP) is 2.66. The Morgan fingerprint density at radius 2 is 1.83 bits per heavy atom. The standard InChI is InChI=1S/C17H22FN3O3/c1-3-9-17(10-4-2)15(23)21(16(24)20-17)11-14(22)19-13-8-6-5-7-12(13)18/h5-8H,3-4,9-11H2,1-2H3,(H,19,22)(H,20,24). The Morgan fingerprint density at radius 1 is 1.21 bits per heavy atom. The van der Waals surface area contributed by atoms with Gasteiger partial charge in [0.25, 0.3) is 5.91 Å². The van der Waals surface area contributed by atoms with Crippen molar-refractivity contribution in [2.24, 2.45) is 0 Å². The van der Waals surface area contributed by atoms with E-state index < -0.39 is 29.8 Å². The smallest absolute Gasteiger partial charge is 0.323 e. The lowest BCUT2D eigenvalue weighted by Crippen LogP contribution is -2.47. The summed E-state index contributed by atoms with van der Waals surface area (Å²) in [6, 6.07) is 5.14. The van der Waals surface area contributed by atoms with E-state index in [0.29, 0.717) is 12.8 Å². The lowest BCUT2D eigenvalue weighted by molar-refractivity contribution is -0.134. The molecule has 0 aliphatic carbocycles. The second-order valence-electron chi connectivity index (χ2n) is 5.93. The van der Waals surface area contributed by atoms with Crippen LogP contribution in [-0.4, -0.2) is 34.8 Å². The summed E-state index contributed by atoms with van der Waals surface area (Å²) < 4.78 is 13.6. The van der Waals surface area contributed by atoms with Crippen molar-refractivity contribution in [1.29, 1.82) is 0 Å². The zero-order valence-electron chi connectivity index (χ0n) is 13.9. The zero-order chi connectivity index (χ0) is 17.7. The van der Waals surface area contributed by atoms with Crippen LogP contribution in [0.15, 0.2) is 24.3 Å². The molecule has 0 atom stereocenters. The summed E-state index contributed by atoms with van der Waals surface area (Å²) in [6.45, 7) is 3.43. The highest BCUT2D eigenvalue weighted by Crippen LogP contribution is 2.28. The number of hydrogen-bond acceptors (Lipinski definition) is 3. The molecule has 130 valence electrons. The molecule has 0 unspecified atom stereocenters. The average molecular weight is 335 g/mol. The van der Waals surface area contributed by atoms with Crippen molar-refractivity contribution in [3.8, 4) is 0 Å². The second kappa shape index (κ2) is 7.42. The Kier molecular flexibility index (Phi) is 5.54. The first-order valence-corrected chi connectivity index (χ1v) is 8.12. The molecule has 6 nitrogen and oxygen atoms in total. The highest BCUT2D eigenvalue weighted by Gasteiger charge is 2.50. The van der Waals surface area contributed by atoms with Gasteiger partial charge in [-0.15, -0.1) is 0 Å². The number of carbonyl (C=O) groups is 3. The molecular formula is C17H22FN3O3. The Bertz CT molecular complexity index is 642. The summed E-state index contributed by atoms with van der Waals surface area (Å²) in [6.07, 6.45) is 2.52. The van der Waals surface area contributed by atoms with Crippen LogP contribution < -0.4 is 10.6 Å². The fraction of sp³-hybridized carbons (Fsp3) is 0.471. The summed E-state index contributed by atoms with van der Waals surface area (Å²) in [5, 5.41) is 5.11. The molecule has 1 aromatic carbocycles. The molecule has 1 aliphatic heterocycles. The molecule has 2 rings (SSSR count). The van der Waals surface area contributed by atoms with Crippen LogP contribution in [0.1, 0.15) is 39.5 Å². The third-order valence-corrected chi connectivity index (χ3v) is 4.05. The molecule has 1 aliphatic rings. The van der Waals surface area contributed by atoms with E-state index in [1.54, 1.807) is 6.07 Å². The van der Waals surface area contributed by atoms with Gasteiger partial charge in [-0.3, -0.25) is 14.5 Å². The first-order chi connectivity index (χ1) is 11.4. The van der Waals surface area contributed by atoms with Crippen LogP contribution in [0.4, 0.5) is 14.9 Å². The number of rotatable bonds is 7. The van der Waals surface area contributed by atoms with Crippen LogP contribution >= 0.6 is 0 Å². The number of nitrogens with zero attached hydrogens (tertiary/aromatic N) is 1. The number of benzene rings is 1. The molecule has 0 aromatic heterocycles. The fourth-order valence-electron chi connectivity index (χ4n) is 3.03. The first kappa shape index (κ1) is 17.9. The molecular weight excluding hydrogens is 313 g/mol. The lowest BCUT2D eigenvalue weighted by atomic mass is 9.88. The molecule has 0 bridgehead atoms. The quantitative estimate of drug-likeness (QED) is 0.752. The van der Waals surface area contributed by atoms with Crippen molar-refractivity contribution in [2.45, 2.75) is 45.1 Å². The summed E-state index contributed by atoms with van der Waals surface area (Å²) in [4.78, 5) is 37.8. The topological polar surface area (TPSA) is 78.5 Å². The summed E-state index contributed by atoms with van der Waals surface area (Å²) in [5.41, 5.74) is -0.915. The molecule has 1 fully saturated rings. The molecule has 0 spiro atoms. The largest absolute Gasteiger partial charge is 0.325 e. The van der Waals surface area contributed by atoms with Crippen LogP contribution in [-0.2, 0) is 9.59 Å². The van der Waals surface area contributed by atoms with Crippen molar-refractivity contribution < 1.29 is 18.8 Å². The summed E-state index contributed by atoms with van der Waals surface area (Å²) >= 11 is 0. The maximum Gasteiger partial charge on any atom is 0.325 e. The maximum absolute atomic E-state index is 13.6. The van der Waals surface area contributed by atoms with Gasteiger partial charge in [0.2, 0.25) is 5.91 Å². The number of anilines is 1. The van der Waals surface area contributed by atoms with E-state index in [0.717, 1.165) is 17.7 Å². The Balaban J connectivity index is 2.09. The Hall–Kier alpha value is -2.44. The Morgan fingerprint density at radius 3 is 2.42 bits per heavy atom. The molecule has 4 amide bonds. The number of nitrogens with one attached hydrogen (secondary N) is 2. The predicted molar refractivity (Wildman–Crippen MR) is 87.8 cm³/mol. The monoisotopic (exact) mass is 335 g/mol. The van der Waals surface area contributed by atoms with E-state index in [2.05, 4.69) is 10.6 Å². The van der Waals surface area contributed by atoms with Crippen molar-refractivity contribution >= 4 is 23.5 Å². The molecule has 0 radical (unpaired) electrons. The van der Waals surface area contributed by atoms with Gasteiger partial charge in [0.15, 0.2) is 0 Å². The fourth-order valence-corrected chi connectivity index (χ4v) is 3.03. The van der Waals surface area contributed by atoms with Crippen LogP contribution in [0, 0.1) is 5.82 Å². The molecule has 24 heavy (non-hydrogen) atoms. The molecule has 1 aromatic rings. The number of carbonyl (C=O) groups excluding carboxylic acids is 3. The minimum absolute atomic E-state index is 0.0166. The lowest BCUT2D eigenvalue weighted by Gasteiger charge is -2.25. The van der Waals surface area contributed by atoms with Gasteiger partial charge in [-0.05, 0) is 25.0 Å². The second-order valence-corrected chi connectivity index (χ2v) is 5.93. The molecule has 1 saturated heterocycles. The number of urea groups is 1. The maximum atomic E-state index is 13.6. The van der Waals surface area contributed by atoms with Crippen LogP contribution in [0.25, 0.3) is 0 Å². The van der Waals surface area contributed by atoms with E-state index in [-0.39, 0.29) is 11.6 Å². The van der Waals surface area contributed by atoms with E-state index >= 15 is 0 Å². The van der Waals surface area contributed by atoms with Gasteiger partial charge in [-0.25, -0.2) is 9.18 Å². The summed E-state index contributed by atoms with van der Waals surface area (Å²) in [7, 11) is 0. The minimum atomic E-state index is -0.932. The number of amides is 4. The van der Waals surface area contributed by atoms with Gasteiger partial charge in [0.1, 0.15) is 17.9 Å². The van der Waals surface area contributed by atoms with Crippen molar-refractivity contribution in [3.63, 3.8) is 0 Å². The highest BCUT2D eigenvalue weighted by atomic mass is 19.1. The normalized spacial score (nSPS) is 16.2. The van der Waals surface area contributed by atoms with Crippen LogP contribution in [0.5, 0.6) is 0 Å². The number of para-hydroxylation sites is 1. The van der Waals surface area contributed by atoms with E-state index in [4.69, 9.17) is 0 Å². The Labute approximate surface area is 140 Å². The number of imide groups is 1. The number of hydrogen-bond donors (Lipinski definition) is 2. The van der Waals surface area contributed by atoms with Crippen LogP contribution in [0.3, 0.4) is 0 Å². The third-order valence-electron chi connectivity index (χ3n) is 4.05. The average Bonchev–Trinajstić information content (AvgIpc) is 2.75. The van der Waals surface area contributed by atoms with Gasteiger partial charge in [0, 0.05) is 0 Å². The SMILES string of the molecule is CCCC1(CCC)NC(=O)N(CC(=O)Nc2ccccc2F)C1=O. The van der Waals surface area contributed by atoms with Gasteiger partial charge >= 0.3 is 6.03 Å². The number of halogens is 1. The third kappa shape index (κ3) is 3.55. The van der Waals surface area contributed by atoms with E-state index in [9.17, 15) is 18.8 Å². The van der Waals surface area contributed by atoms with Gasteiger partial charge in [-0.1, -0.05) is 38.8 Å². The molecule has 2 N–H and O–H groups in total. The van der Waals surface area contributed by atoms with Crippen molar-refractivity contribution in [3.05, 3.63) is 30.1 Å². The van der Waals surface area contributed by atoms with E-state index in [1.165, 1.54) is 18.2 Å². The van der Waals surface area contributed by atoms with Gasteiger partial charge in [0.05, 0.1) is 5.69 Å². The summed E-state index contributed by atoms with van der Waals surface area (Å²) in [5.74, 6) is -1.58. The zero-order valence-corrected chi connectivity index (χ0v) is 13.9. The van der Waals surface area contributed by atoms with Gasteiger partial charge in [-0.2, -0.15) is 0 Å². The first-order valence-electron chi connectivity index (χ1n) is 8.12. The van der Waals surface area contributed by atoms with Crippen molar-refractivity contribution in [1.82, 2.24) is 10.2 Å². The molecule has 7 heteroatoms. The highest BCUT2D eigenvalue weighted by molar-refractivity contribution is 6.10. The van der Waals surface area contributed by atoms with Crippen LogP contribution in [0.2, 0.25) is 0 Å². The molecule has 0 saturated carbocycles. The molecule has 1 heterocycles. The van der Waals surface area contributed by atoms with Gasteiger partial charge < -0.3 is 10.6 Å². The minimum Gasteiger partial charge on any atom is -0.323 e. The van der Waals surface area contributed by atoms with Crippen molar-refractivity contribution in [2.75, 3.05) is 11.9 Å².